The normalized spacial score (nSPS) is 11.5. The summed E-state index contributed by atoms with van der Waals surface area (Å²) in [4.78, 5) is 27.1. The zero-order valence-corrected chi connectivity index (χ0v) is 18.4. The van der Waals surface area contributed by atoms with Gasteiger partial charge in [-0.15, -0.1) is 10.2 Å². The number of nitrogens with zero attached hydrogens (tertiary/aromatic N) is 5. The summed E-state index contributed by atoms with van der Waals surface area (Å²) in [7, 11) is 3.55. The molecule has 31 heavy (non-hydrogen) atoms. The van der Waals surface area contributed by atoms with Crippen LogP contribution in [0.4, 0.5) is 5.69 Å². The molecule has 0 aliphatic carbocycles. The van der Waals surface area contributed by atoms with Gasteiger partial charge in [0.2, 0.25) is 11.7 Å². The number of carbonyl (C=O) groups is 1. The van der Waals surface area contributed by atoms with E-state index in [1.807, 2.05) is 55.3 Å². The second-order valence-corrected chi connectivity index (χ2v) is 8.13. The fraction of sp³-hybridized carbons (Fsp3) is 0.304. The Balaban J connectivity index is 1.58. The van der Waals surface area contributed by atoms with Gasteiger partial charge in [0, 0.05) is 12.7 Å². The van der Waals surface area contributed by atoms with E-state index in [9.17, 15) is 9.59 Å². The highest BCUT2D eigenvalue weighted by Gasteiger charge is 2.17. The topological polar surface area (TPSA) is 84.5 Å². The van der Waals surface area contributed by atoms with Crippen LogP contribution in [0.25, 0.3) is 16.7 Å². The number of nitrogens with one attached hydrogen (secondary N) is 1. The zero-order valence-electron chi connectivity index (χ0n) is 18.4. The van der Waals surface area contributed by atoms with Gasteiger partial charge in [0.1, 0.15) is 0 Å². The summed E-state index contributed by atoms with van der Waals surface area (Å²) in [6.07, 6.45) is 0. The lowest BCUT2D eigenvalue weighted by Gasteiger charge is -2.18. The van der Waals surface area contributed by atoms with E-state index < -0.39 is 0 Å². The molecule has 2 aromatic heterocycles. The summed E-state index contributed by atoms with van der Waals surface area (Å²) in [5, 5.41) is 12.1. The van der Waals surface area contributed by atoms with Gasteiger partial charge in [0.25, 0.3) is 5.56 Å². The van der Waals surface area contributed by atoms with E-state index in [-0.39, 0.29) is 18.0 Å². The average molecular weight is 419 g/mol. The van der Waals surface area contributed by atoms with Crippen LogP contribution in [-0.4, -0.2) is 43.6 Å². The lowest BCUT2D eigenvalue weighted by molar-refractivity contribution is -0.117. The summed E-state index contributed by atoms with van der Waals surface area (Å²) >= 11 is 0. The Bertz CT molecular complexity index is 1350. The van der Waals surface area contributed by atoms with Crippen LogP contribution in [-0.2, 0) is 18.4 Å². The number of carbonyl (C=O) groups excluding carboxylic acids is 1. The van der Waals surface area contributed by atoms with Crippen molar-refractivity contribution in [2.45, 2.75) is 27.3 Å². The average Bonchev–Trinajstić information content (AvgIpc) is 3.12. The maximum absolute atomic E-state index is 12.7. The number of amides is 1. The number of benzene rings is 2. The minimum Gasteiger partial charge on any atom is -0.324 e. The SMILES string of the molecule is Cc1cc(C)c(NC(=O)CN(C)Cc2nnc3n(C)c(=O)c4ccccc4n23)c(C)c1. The Hall–Kier alpha value is -3.52. The number of hydrogen-bond donors (Lipinski definition) is 1. The number of fused-ring (bicyclic) bond motifs is 3. The number of likely N-dealkylation sites (N-methyl/N-ethyl adjacent to an activating group) is 1. The molecule has 2 heterocycles. The summed E-state index contributed by atoms with van der Waals surface area (Å²) in [6, 6.07) is 11.5. The van der Waals surface area contributed by atoms with Crippen molar-refractivity contribution in [1.82, 2.24) is 24.1 Å². The van der Waals surface area contributed by atoms with Crippen molar-refractivity contribution in [3.05, 3.63) is 69.3 Å². The zero-order chi connectivity index (χ0) is 22.3. The maximum atomic E-state index is 12.7. The summed E-state index contributed by atoms with van der Waals surface area (Å²) in [5.41, 5.74) is 4.76. The molecule has 0 radical (unpaired) electrons. The molecule has 0 aliphatic rings. The first-order valence-corrected chi connectivity index (χ1v) is 10.1. The molecule has 0 unspecified atom stereocenters. The third-order valence-corrected chi connectivity index (χ3v) is 5.46. The molecule has 0 saturated carbocycles. The molecular formula is C23H26N6O2. The minimum atomic E-state index is -0.112. The van der Waals surface area contributed by atoms with Crippen LogP contribution in [0.3, 0.4) is 0 Å². The molecule has 8 nitrogen and oxygen atoms in total. The van der Waals surface area contributed by atoms with Crippen molar-refractivity contribution in [2.75, 3.05) is 18.9 Å². The second kappa shape index (κ2) is 7.96. The molecule has 1 amide bonds. The van der Waals surface area contributed by atoms with Gasteiger partial charge in [-0.05, 0) is 51.1 Å². The fourth-order valence-corrected chi connectivity index (χ4v) is 4.09. The molecule has 0 saturated heterocycles. The van der Waals surface area contributed by atoms with Gasteiger partial charge in [0.05, 0.1) is 24.0 Å². The predicted molar refractivity (Wildman–Crippen MR) is 121 cm³/mol. The standard InChI is InChI=1S/C23H26N6O2/c1-14-10-15(2)21(16(3)11-14)24-20(30)13-27(4)12-19-25-26-23-28(5)22(31)17-8-6-7-9-18(17)29(19)23/h6-11H,12-13H2,1-5H3,(H,24,30). The molecule has 0 spiro atoms. The Morgan fingerprint density at radius 2 is 1.77 bits per heavy atom. The monoisotopic (exact) mass is 418 g/mol. The van der Waals surface area contributed by atoms with Crippen molar-refractivity contribution in [3.8, 4) is 0 Å². The molecule has 0 atom stereocenters. The smallest absolute Gasteiger partial charge is 0.262 e. The molecule has 0 fully saturated rings. The van der Waals surface area contributed by atoms with E-state index in [2.05, 4.69) is 27.6 Å². The van der Waals surface area contributed by atoms with E-state index in [0.29, 0.717) is 23.5 Å². The molecule has 8 heteroatoms. The van der Waals surface area contributed by atoms with Crippen molar-refractivity contribution < 1.29 is 4.79 Å². The van der Waals surface area contributed by atoms with Crippen LogP contribution in [0.1, 0.15) is 22.5 Å². The lowest BCUT2D eigenvalue weighted by atomic mass is 10.1. The highest BCUT2D eigenvalue weighted by atomic mass is 16.2. The Morgan fingerprint density at radius 1 is 1.10 bits per heavy atom. The van der Waals surface area contributed by atoms with Crippen molar-refractivity contribution >= 4 is 28.3 Å². The van der Waals surface area contributed by atoms with Gasteiger partial charge in [-0.1, -0.05) is 29.8 Å². The van der Waals surface area contributed by atoms with Gasteiger partial charge >= 0.3 is 0 Å². The first-order chi connectivity index (χ1) is 14.8. The van der Waals surface area contributed by atoms with Gasteiger partial charge in [-0.3, -0.25) is 23.5 Å². The highest BCUT2D eigenvalue weighted by Crippen LogP contribution is 2.22. The summed E-state index contributed by atoms with van der Waals surface area (Å²) in [5.74, 6) is 1.05. The minimum absolute atomic E-state index is 0.0939. The molecular weight excluding hydrogens is 392 g/mol. The largest absolute Gasteiger partial charge is 0.324 e. The van der Waals surface area contributed by atoms with Crippen LogP contribution < -0.4 is 10.9 Å². The Kier molecular flexibility index (Phi) is 5.32. The number of aryl methyl sites for hydroxylation is 4. The van der Waals surface area contributed by atoms with Crippen molar-refractivity contribution in [3.63, 3.8) is 0 Å². The number of aromatic nitrogens is 4. The van der Waals surface area contributed by atoms with E-state index in [1.54, 1.807) is 13.1 Å². The number of para-hydroxylation sites is 1. The summed E-state index contributed by atoms with van der Waals surface area (Å²) in [6.45, 7) is 6.64. The summed E-state index contributed by atoms with van der Waals surface area (Å²) < 4.78 is 3.37. The molecule has 0 bridgehead atoms. The van der Waals surface area contributed by atoms with Crippen LogP contribution in [0, 0.1) is 20.8 Å². The van der Waals surface area contributed by atoms with Gasteiger partial charge < -0.3 is 5.32 Å². The second-order valence-electron chi connectivity index (χ2n) is 8.13. The number of hydrogen-bond acceptors (Lipinski definition) is 5. The Labute approximate surface area is 180 Å². The van der Waals surface area contributed by atoms with Gasteiger partial charge in [-0.25, -0.2) is 0 Å². The van der Waals surface area contributed by atoms with E-state index in [0.717, 1.165) is 22.3 Å². The molecule has 2 aromatic carbocycles. The van der Waals surface area contributed by atoms with Crippen molar-refractivity contribution in [1.29, 1.82) is 0 Å². The quantitative estimate of drug-likeness (QED) is 0.539. The highest BCUT2D eigenvalue weighted by molar-refractivity contribution is 5.93. The Morgan fingerprint density at radius 3 is 2.48 bits per heavy atom. The molecule has 4 aromatic rings. The van der Waals surface area contributed by atoms with Crippen LogP contribution in [0.15, 0.2) is 41.2 Å². The molecule has 0 aliphatic heterocycles. The van der Waals surface area contributed by atoms with Crippen LogP contribution >= 0.6 is 0 Å². The molecule has 1 N–H and O–H groups in total. The van der Waals surface area contributed by atoms with Gasteiger partial charge in [-0.2, -0.15) is 0 Å². The van der Waals surface area contributed by atoms with E-state index >= 15 is 0 Å². The predicted octanol–water partition coefficient (Wildman–Crippen LogP) is 2.58. The first kappa shape index (κ1) is 20.7. The molecule has 4 rings (SSSR count). The lowest BCUT2D eigenvalue weighted by Crippen LogP contribution is -2.31. The maximum Gasteiger partial charge on any atom is 0.262 e. The van der Waals surface area contributed by atoms with Crippen molar-refractivity contribution in [2.24, 2.45) is 7.05 Å². The van der Waals surface area contributed by atoms with E-state index in [4.69, 9.17) is 0 Å². The van der Waals surface area contributed by atoms with Gasteiger partial charge in [0.15, 0.2) is 5.82 Å². The van der Waals surface area contributed by atoms with E-state index in [1.165, 1.54) is 10.1 Å². The number of rotatable bonds is 5. The van der Waals surface area contributed by atoms with Crippen LogP contribution in [0.2, 0.25) is 0 Å². The fourth-order valence-electron chi connectivity index (χ4n) is 4.09. The first-order valence-electron chi connectivity index (χ1n) is 10.1. The van der Waals surface area contributed by atoms with Crippen LogP contribution in [0.5, 0.6) is 0 Å². The third kappa shape index (κ3) is 3.82. The number of anilines is 1. The molecule has 160 valence electrons. The third-order valence-electron chi connectivity index (χ3n) is 5.46.